The predicted octanol–water partition coefficient (Wildman–Crippen LogP) is 3.80. The third kappa shape index (κ3) is 4.40. The lowest BCUT2D eigenvalue weighted by Gasteiger charge is -2.34. The van der Waals surface area contributed by atoms with Crippen molar-refractivity contribution in [3.63, 3.8) is 0 Å². The topological polar surface area (TPSA) is 88.6 Å². The van der Waals surface area contributed by atoms with Gasteiger partial charge in [0.15, 0.2) is 0 Å². The van der Waals surface area contributed by atoms with Crippen LogP contribution in [0.25, 0.3) is 0 Å². The van der Waals surface area contributed by atoms with Crippen molar-refractivity contribution in [1.82, 2.24) is 4.90 Å². The fourth-order valence-corrected chi connectivity index (χ4v) is 3.21. The van der Waals surface area contributed by atoms with Crippen LogP contribution in [0.4, 0.5) is 10.5 Å². The minimum absolute atomic E-state index is 0.213. The van der Waals surface area contributed by atoms with Crippen LogP contribution in [0.5, 0.6) is 5.75 Å². The van der Waals surface area contributed by atoms with Crippen LogP contribution in [-0.4, -0.2) is 35.8 Å². The molecule has 3 rings (SSSR count). The number of likely N-dealkylation sites (tertiary alicyclic amines) is 1. The Balaban J connectivity index is 1.70. The lowest BCUT2D eigenvalue weighted by molar-refractivity contribution is 0.0204. The van der Waals surface area contributed by atoms with Gasteiger partial charge in [0.1, 0.15) is 11.4 Å². The summed E-state index contributed by atoms with van der Waals surface area (Å²) in [7, 11) is 0. The molecule has 140 valence electrons. The number of amides is 1. The van der Waals surface area contributed by atoms with E-state index in [1.54, 1.807) is 11.0 Å². The van der Waals surface area contributed by atoms with Crippen LogP contribution in [0.15, 0.2) is 12.1 Å². The number of nitriles is 1. The molecule has 0 atom stereocenters. The van der Waals surface area contributed by atoms with Crippen molar-refractivity contribution in [2.24, 2.45) is 0 Å². The lowest BCUT2D eigenvalue weighted by atomic mass is 9.86. The van der Waals surface area contributed by atoms with E-state index in [1.807, 2.05) is 26.8 Å². The number of anilines is 1. The number of piperidine rings is 1. The van der Waals surface area contributed by atoms with Gasteiger partial charge in [-0.2, -0.15) is 5.26 Å². The zero-order valence-corrected chi connectivity index (χ0v) is 15.7. The van der Waals surface area contributed by atoms with E-state index in [-0.39, 0.29) is 18.1 Å². The Hall–Kier alpha value is -2.42. The van der Waals surface area contributed by atoms with E-state index in [0.717, 1.165) is 31.2 Å². The summed E-state index contributed by atoms with van der Waals surface area (Å²) in [6, 6.07) is 5.90. The van der Waals surface area contributed by atoms with E-state index in [1.165, 1.54) is 0 Å². The highest BCUT2D eigenvalue weighted by molar-refractivity contribution is 5.68. The highest BCUT2D eigenvalue weighted by Gasteiger charge is 2.30. The van der Waals surface area contributed by atoms with Gasteiger partial charge in [0.25, 0.3) is 0 Å². The molecule has 1 aromatic rings. The van der Waals surface area contributed by atoms with Crippen molar-refractivity contribution < 1.29 is 14.3 Å². The minimum atomic E-state index is -0.492. The number of ether oxygens (including phenoxy) is 2. The molecule has 2 fully saturated rings. The molecular formula is C20H27N3O3. The average molecular weight is 357 g/mol. The first-order valence-corrected chi connectivity index (χ1v) is 9.25. The maximum Gasteiger partial charge on any atom is 0.410 e. The van der Waals surface area contributed by atoms with E-state index >= 15 is 0 Å². The second-order valence-corrected chi connectivity index (χ2v) is 8.15. The number of nitrogens with two attached hydrogens (primary N) is 1. The maximum atomic E-state index is 12.2. The van der Waals surface area contributed by atoms with Crippen LogP contribution >= 0.6 is 0 Å². The molecule has 0 bridgehead atoms. The van der Waals surface area contributed by atoms with Gasteiger partial charge in [-0.15, -0.1) is 0 Å². The molecule has 0 radical (unpaired) electrons. The number of benzene rings is 1. The van der Waals surface area contributed by atoms with Crippen LogP contribution in [-0.2, 0) is 4.74 Å². The molecule has 26 heavy (non-hydrogen) atoms. The largest absolute Gasteiger partial charge is 0.488 e. The van der Waals surface area contributed by atoms with Gasteiger partial charge in [0, 0.05) is 13.1 Å². The smallest absolute Gasteiger partial charge is 0.410 e. The summed E-state index contributed by atoms with van der Waals surface area (Å²) >= 11 is 0. The minimum Gasteiger partial charge on any atom is -0.488 e. The first-order chi connectivity index (χ1) is 12.3. The van der Waals surface area contributed by atoms with Crippen molar-refractivity contribution in [2.45, 2.75) is 64.1 Å². The summed E-state index contributed by atoms with van der Waals surface area (Å²) in [6.07, 6.45) is 3.69. The fraction of sp³-hybridized carbons (Fsp3) is 0.600. The molecule has 1 saturated carbocycles. The summed E-state index contributed by atoms with van der Waals surface area (Å²) < 4.78 is 11.3. The van der Waals surface area contributed by atoms with Crippen LogP contribution in [0.1, 0.15) is 63.5 Å². The maximum absolute atomic E-state index is 12.2. The second-order valence-electron chi connectivity index (χ2n) is 8.15. The van der Waals surface area contributed by atoms with Gasteiger partial charge in [0.05, 0.1) is 23.4 Å². The van der Waals surface area contributed by atoms with Crippen LogP contribution < -0.4 is 10.5 Å². The van der Waals surface area contributed by atoms with E-state index in [9.17, 15) is 10.1 Å². The Bertz CT molecular complexity index is 721. The summed E-state index contributed by atoms with van der Waals surface area (Å²) in [5, 5.41) is 9.50. The Labute approximate surface area is 154 Å². The van der Waals surface area contributed by atoms with Crippen molar-refractivity contribution in [3.8, 4) is 11.8 Å². The Kier molecular flexibility index (Phi) is 4.99. The number of hydrogen-bond donors (Lipinski definition) is 1. The fourth-order valence-electron chi connectivity index (χ4n) is 3.21. The van der Waals surface area contributed by atoms with Gasteiger partial charge in [0.2, 0.25) is 0 Å². The van der Waals surface area contributed by atoms with Crippen LogP contribution in [0.2, 0.25) is 0 Å². The predicted molar refractivity (Wildman–Crippen MR) is 99.0 cm³/mol. The lowest BCUT2D eigenvalue weighted by Crippen LogP contribution is -2.41. The number of rotatable bonds is 3. The third-order valence-corrected chi connectivity index (χ3v) is 4.71. The molecule has 1 heterocycles. The van der Waals surface area contributed by atoms with Crippen LogP contribution in [0, 0.1) is 11.3 Å². The molecule has 2 N–H and O–H groups in total. The molecule has 1 aliphatic carbocycles. The summed E-state index contributed by atoms with van der Waals surface area (Å²) in [5.41, 5.74) is 7.64. The molecule has 0 aromatic heterocycles. The van der Waals surface area contributed by atoms with E-state index in [0.29, 0.717) is 30.1 Å². The Morgan fingerprint density at radius 1 is 1.23 bits per heavy atom. The highest BCUT2D eigenvalue weighted by atomic mass is 16.6. The van der Waals surface area contributed by atoms with Crippen molar-refractivity contribution >= 4 is 11.8 Å². The Morgan fingerprint density at radius 2 is 1.88 bits per heavy atom. The molecule has 0 unspecified atom stereocenters. The molecular weight excluding hydrogens is 330 g/mol. The SMILES string of the molecule is CC(C)(C)OC(=O)N1CCC(c2cc(OC3CC3)c(N)cc2C#N)CC1. The average Bonchev–Trinajstić information content (AvgIpc) is 3.39. The molecule has 1 saturated heterocycles. The van der Waals surface area contributed by atoms with E-state index < -0.39 is 5.60 Å². The van der Waals surface area contributed by atoms with Gasteiger partial charge in [-0.1, -0.05) is 0 Å². The second kappa shape index (κ2) is 7.06. The molecule has 1 amide bonds. The Morgan fingerprint density at radius 3 is 2.42 bits per heavy atom. The number of nitrogens with zero attached hydrogens (tertiary/aromatic N) is 2. The van der Waals surface area contributed by atoms with Gasteiger partial charge < -0.3 is 20.1 Å². The van der Waals surface area contributed by atoms with Gasteiger partial charge >= 0.3 is 6.09 Å². The highest BCUT2D eigenvalue weighted by Crippen LogP contribution is 2.38. The number of hydrogen-bond acceptors (Lipinski definition) is 5. The number of carbonyl (C=O) groups excluding carboxylic acids is 1. The normalized spacial score (nSPS) is 18.3. The molecule has 1 aromatic carbocycles. The van der Waals surface area contributed by atoms with E-state index in [2.05, 4.69) is 6.07 Å². The first-order valence-electron chi connectivity index (χ1n) is 9.25. The van der Waals surface area contributed by atoms with Gasteiger partial charge in [-0.05, 0) is 70.1 Å². The molecule has 1 aliphatic heterocycles. The molecule has 0 spiro atoms. The molecule has 2 aliphatic rings. The van der Waals surface area contributed by atoms with E-state index in [4.69, 9.17) is 15.2 Å². The molecule has 6 heteroatoms. The third-order valence-electron chi connectivity index (χ3n) is 4.71. The van der Waals surface area contributed by atoms with Crippen molar-refractivity contribution in [2.75, 3.05) is 18.8 Å². The standard InChI is InChI=1S/C20H27N3O3/c1-20(2,3)26-19(24)23-8-6-13(7-9-23)16-11-18(25-15-4-5-15)17(22)10-14(16)12-21/h10-11,13,15H,4-9,22H2,1-3H3. The van der Waals surface area contributed by atoms with Crippen molar-refractivity contribution in [3.05, 3.63) is 23.3 Å². The van der Waals surface area contributed by atoms with Gasteiger partial charge in [-0.25, -0.2) is 4.79 Å². The number of carbonyl (C=O) groups is 1. The van der Waals surface area contributed by atoms with Crippen LogP contribution in [0.3, 0.4) is 0 Å². The first kappa shape index (κ1) is 18.4. The summed E-state index contributed by atoms with van der Waals surface area (Å²) in [5.74, 6) is 0.890. The number of nitrogen functional groups attached to an aromatic ring is 1. The zero-order chi connectivity index (χ0) is 18.9. The summed E-state index contributed by atoms with van der Waals surface area (Å²) in [6.45, 7) is 6.84. The quantitative estimate of drug-likeness (QED) is 0.831. The molecule has 6 nitrogen and oxygen atoms in total. The summed E-state index contributed by atoms with van der Waals surface area (Å²) in [4.78, 5) is 14.0. The monoisotopic (exact) mass is 357 g/mol. The van der Waals surface area contributed by atoms with Gasteiger partial charge in [-0.3, -0.25) is 0 Å². The zero-order valence-electron chi connectivity index (χ0n) is 15.7. The van der Waals surface area contributed by atoms with Crippen molar-refractivity contribution in [1.29, 1.82) is 5.26 Å².